The summed E-state index contributed by atoms with van der Waals surface area (Å²) in [5, 5.41) is 19.9. The zero-order valence-corrected chi connectivity index (χ0v) is 11.0. The Balaban J connectivity index is 1.93. The number of benzene rings is 1. The van der Waals surface area contributed by atoms with E-state index in [0.29, 0.717) is 6.42 Å². The zero-order chi connectivity index (χ0) is 13.4. The van der Waals surface area contributed by atoms with Crippen molar-refractivity contribution in [2.75, 3.05) is 0 Å². The van der Waals surface area contributed by atoms with Crippen LogP contribution in [0.4, 0.5) is 0 Å². The Labute approximate surface area is 111 Å². The van der Waals surface area contributed by atoms with Gasteiger partial charge in [0.05, 0.1) is 23.5 Å². The van der Waals surface area contributed by atoms with Crippen molar-refractivity contribution in [2.45, 2.75) is 12.5 Å². The molecule has 5 nitrogen and oxygen atoms in total. The van der Waals surface area contributed by atoms with Crippen LogP contribution in [0.3, 0.4) is 0 Å². The van der Waals surface area contributed by atoms with Crippen LogP contribution >= 0.6 is 0 Å². The normalized spacial score (nSPS) is 13.0. The lowest BCUT2D eigenvalue weighted by molar-refractivity contribution is 0.177. The summed E-state index contributed by atoms with van der Waals surface area (Å²) in [6.07, 6.45) is 3.44. The van der Waals surface area contributed by atoms with Crippen molar-refractivity contribution in [3.63, 3.8) is 0 Å². The van der Waals surface area contributed by atoms with E-state index in [9.17, 15) is 5.11 Å². The van der Waals surface area contributed by atoms with Gasteiger partial charge in [-0.05, 0) is 6.07 Å². The van der Waals surface area contributed by atoms with Gasteiger partial charge in [-0.2, -0.15) is 10.2 Å². The number of aryl methyl sites for hydroxylation is 2. The molecule has 2 aromatic heterocycles. The van der Waals surface area contributed by atoms with Gasteiger partial charge in [0.25, 0.3) is 0 Å². The van der Waals surface area contributed by atoms with Gasteiger partial charge in [-0.15, -0.1) is 0 Å². The molecule has 1 unspecified atom stereocenters. The van der Waals surface area contributed by atoms with E-state index in [4.69, 9.17) is 0 Å². The van der Waals surface area contributed by atoms with Crippen LogP contribution < -0.4 is 0 Å². The fraction of sp³-hybridized carbons (Fsp3) is 0.286. The maximum Gasteiger partial charge on any atom is 0.0876 e. The van der Waals surface area contributed by atoms with Crippen molar-refractivity contribution in [2.24, 2.45) is 14.1 Å². The lowest BCUT2D eigenvalue weighted by atomic mass is 10.1. The smallest absolute Gasteiger partial charge is 0.0876 e. The molecule has 0 spiro atoms. The van der Waals surface area contributed by atoms with Gasteiger partial charge in [-0.25, -0.2) is 0 Å². The zero-order valence-electron chi connectivity index (χ0n) is 11.0. The molecule has 0 radical (unpaired) electrons. The number of para-hydroxylation sites is 1. The molecule has 0 saturated carbocycles. The number of nitrogens with zero attached hydrogens (tertiary/aromatic N) is 4. The predicted molar refractivity (Wildman–Crippen MR) is 72.6 cm³/mol. The minimum atomic E-state index is -0.577. The third kappa shape index (κ3) is 2.13. The fourth-order valence-corrected chi connectivity index (χ4v) is 2.35. The summed E-state index contributed by atoms with van der Waals surface area (Å²) >= 11 is 0. The molecule has 0 saturated heterocycles. The molecular weight excluding hydrogens is 240 g/mol. The van der Waals surface area contributed by atoms with E-state index in [1.165, 1.54) is 0 Å². The van der Waals surface area contributed by atoms with Gasteiger partial charge in [0.1, 0.15) is 0 Å². The van der Waals surface area contributed by atoms with Gasteiger partial charge >= 0.3 is 0 Å². The van der Waals surface area contributed by atoms with E-state index in [1.807, 2.05) is 49.2 Å². The molecule has 3 aromatic rings. The molecular formula is C14H16N4O. The number of aliphatic hydroxyl groups is 1. The Kier molecular flexibility index (Phi) is 2.83. The molecule has 0 aliphatic rings. The molecule has 19 heavy (non-hydrogen) atoms. The number of fused-ring (bicyclic) bond motifs is 1. The third-order valence-corrected chi connectivity index (χ3v) is 3.33. The molecule has 1 aromatic carbocycles. The number of hydrogen-bond acceptors (Lipinski definition) is 3. The molecule has 0 aliphatic heterocycles. The van der Waals surface area contributed by atoms with Crippen LogP contribution in [0.1, 0.15) is 17.4 Å². The first-order chi connectivity index (χ1) is 9.15. The summed E-state index contributed by atoms with van der Waals surface area (Å²) in [4.78, 5) is 0. The van der Waals surface area contributed by atoms with E-state index >= 15 is 0 Å². The van der Waals surface area contributed by atoms with Crippen molar-refractivity contribution < 1.29 is 5.11 Å². The van der Waals surface area contributed by atoms with E-state index < -0.39 is 6.10 Å². The van der Waals surface area contributed by atoms with Crippen molar-refractivity contribution in [1.82, 2.24) is 19.6 Å². The van der Waals surface area contributed by atoms with Crippen LogP contribution in [0.5, 0.6) is 0 Å². The summed E-state index contributed by atoms with van der Waals surface area (Å²) in [6, 6.07) is 8.05. The number of rotatable bonds is 3. The molecule has 0 amide bonds. The van der Waals surface area contributed by atoms with Crippen LogP contribution in [-0.2, 0) is 20.5 Å². The summed E-state index contributed by atoms with van der Waals surface area (Å²) in [6.45, 7) is 0. The molecule has 1 N–H and O–H groups in total. The topological polar surface area (TPSA) is 55.9 Å². The summed E-state index contributed by atoms with van der Waals surface area (Å²) < 4.78 is 3.54. The fourth-order valence-electron chi connectivity index (χ4n) is 2.35. The molecule has 1 atom stereocenters. The Morgan fingerprint density at radius 1 is 1.26 bits per heavy atom. The van der Waals surface area contributed by atoms with Crippen LogP contribution in [-0.4, -0.2) is 24.7 Å². The van der Waals surface area contributed by atoms with E-state index in [-0.39, 0.29) is 0 Å². The second-order valence-corrected chi connectivity index (χ2v) is 4.75. The maximum absolute atomic E-state index is 10.3. The second kappa shape index (κ2) is 4.51. The van der Waals surface area contributed by atoms with E-state index in [1.54, 1.807) is 10.9 Å². The minimum Gasteiger partial charge on any atom is -0.388 e. The summed E-state index contributed by atoms with van der Waals surface area (Å²) in [7, 11) is 3.76. The molecule has 5 heteroatoms. The van der Waals surface area contributed by atoms with Crippen LogP contribution in [0, 0.1) is 0 Å². The molecule has 0 fully saturated rings. The van der Waals surface area contributed by atoms with Gasteiger partial charge in [-0.3, -0.25) is 9.36 Å². The number of aromatic nitrogens is 4. The summed E-state index contributed by atoms with van der Waals surface area (Å²) in [5.74, 6) is 0. The third-order valence-electron chi connectivity index (χ3n) is 3.33. The van der Waals surface area contributed by atoms with E-state index in [2.05, 4.69) is 10.2 Å². The predicted octanol–water partition coefficient (Wildman–Crippen LogP) is 1.58. The first kappa shape index (κ1) is 11.9. The van der Waals surface area contributed by atoms with Gasteiger partial charge in [-0.1, -0.05) is 18.2 Å². The first-order valence-corrected chi connectivity index (χ1v) is 6.22. The largest absolute Gasteiger partial charge is 0.388 e. The lowest BCUT2D eigenvalue weighted by Gasteiger charge is -2.06. The second-order valence-electron chi connectivity index (χ2n) is 4.75. The highest BCUT2D eigenvalue weighted by Gasteiger charge is 2.15. The Bertz CT molecular complexity index is 713. The van der Waals surface area contributed by atoms with Crippen molar-refractivity contribution in [3.8, 4) is 0 Å². The summed E-state index contributed by atoms with van der Waals surface area (Å²) in [5.41, 5.74) is 2.81. The molecule has 98 valence electrons. The van der Waals surface area contributed by atoms with Crippen molar-refractivity contribution in [3.05, 3.63) is 47.9 Å². The van der Waals surface area contributed by atoms with Gasteiger partial charge in [0.15, 0.2) is 0 Å². The molecule has 0 bridgehead atoms. The highest BCUT2D eigenvalue weighted by molar-refractivity contribution is 5.81. The number of aliphatic hydroxyl groups excluding tert-OH is 1. The van der Waals surface area contributed by atoms with Gasteiger partial charge in [0.2, 0.25) is 0 Å². The van der Waals surface area contributed by atoms with E-state index in [0.717, 1.165) is 22.2 Å². The molecule has 2 heterocycles. The Hall–Kier alpha value is -2.14. The Morgan fingerprint density at radius 2 is 2.05 bits per heavy atom. The monoisotopic (exact) mass is 256 g/mol. The quantitative estimate of drug-likeness (QED) is 0.774. The SMILES string of the molecule is Cn1cc(C(O)Cc2nn(C)c3ccccc23)cn1. The maximum atomic E-state index is 10.3. The van der Waals surface area contributed by atoms with Gasteiger partial charge < -0.3 is 5.11 Å². The standard InChI is InChI=1S/C14H16N4O/c1-17-9-10(8-15-17)14(19)7-12-11-5-3-4-6-13(11)18(2)16-12/h3-6,8-9,14,19H,7H2,1-2H3. The van der Waals surface area contributed by atoms with Crippen LogP contribution in [0.15, 0.2) is 36.7 Å². The molecule has 3 rings (SSSR count). The van der Waals surface area contributed by atoms with Crippen molar-refractivity contribution >= 4 is 10.9 Å². The highest BCUT2D eigenvalue weighted by Crippen LogP contribution is 2.23. The highest BCUT2D eigenvalue weighted by atomic mass is 16.3. The average molecular weight is 256 g/mol. The van der Waals surface area contributed by atoms with Crippen LogP contribution in [0.2, 0.25) is 0 Å². The first-order valence-electron chi connectivity index (χ1n) is 6.22. The van der Waals surface area contributed by atoms with Crippen molar-refractivity contribution in [1.29, 1.82) is 0 Å². The lowest BCUT2D eigenvalue weighted by Crippen LogP contribution is -2.02. The minimum absolute atomic E-state index is 0.493. The van der Waals surface area contributed by atoms with Crippen LogP contribution in [0.25, 0.3) is 10.9 Å². The Morgan fingerprint density at radius 3 is 2.79 bits per heavy atom. The van der Waals surface area contributed by atoms with Gasteiger partial charge in [0, 0.05) is 37.7 Å². The average Bonchev–Trinajstić information content (AvgIpc) is 2.96. The molecule has 0 aliphatic carbocycles. The number of hydrogen-bond donors (Lipinski definition) is 1.